The Hall–Kier alpha value is -1.33. The van der Waals surface area contributed by atoms with E-state index in [1.54, 1.807) is 37.7 Å². The second kappa shape index (κ2) is 5.33. The van der Waals surface area contributed by atoms with Crippen molar-refractivity contribution in [2.45, 2.75) is 0 Å². The average Bonchev–Trinajstić information content (AvgIpc) is 2.32. The Labute approximate surface area is 112 Å². The second-order valence-electron chi connectivity index (χ2n) is 3.19. The van der Waals surface area contributed by atoms with E-state index in [2.05, 4.69) is 31.2 Å². The molecule has 1 heterocycles. The van der Waals surface area contributed by atoms with E-state index in [-0.39, 0.29) is 0 Å². The van der Waals surface area contributed by atoms with Crippen LogP contribution in [0.2, 0.25) is 5.02 Å². The SMILES string of the molecule is COc1ccc(Cl)cc1Nc1ncc(Br)cn1. The molecule has 0 unspecified atom stereocenters. The van der Waals surface area contributed by atoms with E-state index in [1.807, 2.05) is 0 Å². The summed E-state index contributed by atoms with van der Waals surface area (Å²) < 4.78 is 6.03. The van der Waals surface area contributed by atoms with E-state index in [0.717, 1.165) is 10.2 Å². The summed E-state index contributed by atoms with van der Waals surface area (Å²) in [5, 5.41) is 3.66. The highest BCUT2D eigenvalue weighted by Gasteiger charge is 2.05. The second-order valence-corrected chi connectivity index (χ2v) is 4.55. The summed E-state index contributed by atoms with van der Waals surface area (Å²) in [7, 11) is 1.59. The molecule has 1 aromatic carbocycles. The van der Waals surface area contributed by atoms with E-state index in [9.17, 15) is 0 Å². The van der Waals surface area contributed by atoms with Crippen molar-refractivity contribution in [3.8, 4) is 5.75 Å². The number of halogens is 2. The van der Waals surface area contributed by atoms with Crippen LogP contribution in [0.25, 0.3) is 0 Å². The van der Waals surface area contributed by atoms with Gasteiger partial charge in [-0.1, -0.05) is 11.6 Å². The van der Waals surface area contributed by atoms with Crippen LogP contribution < -0.4 is 10.1 Å². The van der Waals surface area contributed by atoms with Gasteiger partial charge in [-0.3, -0.25) is 0 Å². The third kappa shape index (κ3) is 3.08. The van der Waals surface area contributed by atoms with E-state index in [0.29, 0.717) is 16.7 Å². The van der Waals surface area contributed by atoms with Gasteiger partial charge in [0.2, 0.25) is 5.95 Å². The Bertz CT molecular complexity index is 519. The van der Waals surface area contributed by atoms with E-state index >= 15 is 0 Å². The highest BCUT2D eigenvalue weighted by Crippen LogP contribution is 2.29. The molecule has 2 rings (SSSR count). The summed E-state index contributed by atoms with van der Waals surface area (Å²) in [4.78, 5) is 8.22. The summed E-state index contributed by atoms with van der Waals surface area (Å²) >= 11 is 9.19. The van der Waals surface area contributed by atoms with Crippen LogP contribution in [0.15, 0.2) is 35.1 Å². The molecule has 0 saturated carbocycles. The zero-order valence-electron chi connectivity index (χ0n) is 8.95. The van der Waals surface area contributed by atoms with Gasteiger partial charge in [-0.2, -0.15) is 0 Å². The minimum Gasteiger partial charge on any atom is -0.495 e. The van der Waals surface area contributed by atoms with Crippen LogP contribution in [0.1, 0.15) is 0 Å². The third-order valence-electron chi connectivity index (χ3n) is 2.03. The molecule has 0 aliphatic heterocycles. The van der Waals surface area contributed by atoms with Crippen LogP contribution in [0, 0.1) is 0 Å². The van der Waals surface area contributed by atoms with Crippen molar-refractivity contribution >= 4 is 39.2 Å². The van der Waals surface area contributed by atoms with Gasteiger partial charge in [-0.25, -0.2) is 9.97 Å². The first-order chi connectivity index (χ1) is 8.19. The molecule has 0 atom stereocenters. The highest BCUT2D eigenvalue weighted by atomic mass is 79.9. The maximum Gasteiger partial charge on any atom is 0.227 e. The molecule has 17 heavy (non-hydrogen) atoms. The van der Waals surface area contributed by atoms with Crippen molar-refractivity contribution in [1.82, 2.24) is 9.97 Å². The number of rotatable bonds is 3. The lowest BCUT2D eigenvalue weighted by Crippen LogP contribution is -1.98. The minimum absolute atomic E-state index is 0.480. The molecular formula is C11H9BrClN3O. The first-order valence-electron chi connectivity index (χ1n) is 4.77. The van der Waals surface area contributed by atoms with Gasteiger partial charge in [-0.05, 0) is 34.1 Å². The molecular weight excluding hydrogens is 305 g/mol. The topological polar surface area (TPSA) is 47.0 Å². The average molecular weight is 315 g/mol. The maximum atomic E-state index is 5.92. The molecule has 0 bridgehead atoms. The van der Waals surface area contributed by atoms with E-state index in [4.69, 9.17) is 16.3 Å². The van der Waals surface area contributed by atoms with Gasteiger partial charge < -0.3 is 10.1 Å². The molecule has 0 saturated heterocycles. The number of aromatic nitrogens is 2. The van der Waals surface area contributed by atoms with Crippen molar-refractivity contribution in [3.63, 3.8) is 0 Å². The van der Waals surface area contributed by atoms with Crippen molar-refractivity contribution in [3.05, 3.63) is 40.1 Å². The standard InChI is InChI=1S/C11H9BrClN3O/c1-17-10-3-2-8(13)4-9(10)16-11-14-5-7(12)6-15-11/h2-6H,1H3,(H,14,15,16). The summed E-state index contributed by atoms with van der Waals surface area (Å²) in [6, 6.07) is 5.29. The quantitative estimate of drug-likeness (QED) is 0.939. The van der Waals surface area contributed by atoms with Crippen molar-refractivity contribution in [2.75, 3.05) is 12.4 Å². The molecule has 0 spiro atoms. The van der Waals surface area contributed by atoms with Crippen LogP contribution in [-0.2, 0) is 0 Å². The van der Waals surface area contributed by atoms with Crippen molar-refractivity contribution < 1.29 is 4.74 Å². The van der Waals surface area contributed by atoms with Crippen LogP contribution in [0.4, 0.5) is 11.6 Å². The zero-order valence-corrected chi connectivity index (χ0v) is 11.3. The number of anilines is 2. The number of nitrogens with one attached hydrogen (secondary N) is 1. The molecule has 4 nitrogen and oxygen atoms in total. The molecule has 0 aliphatic rings. The monoisotopic (exact) mass is 313 g/mol. The Morgan fingerprint density at radius 2 is 2.00 bits per heavy atom. The number of methoxy groups -OCH3 is 1. The largest absolute Gasteiger partial charge is 0.495 e. The lowest BCUT2D eigenvalue weighted by molar-refractivity contribution is 0.417. The predicted molar refractivity (Wildman–Crippen MR) is 71.0 cm³/mol. The Balaban J connectivity index is 2.28. The number of nitrogens with zero attached hydrogens (tertiary/aromatic N) is 2. The normalized spacial score (nSPS) is 10.1. The summed E-state index contributed by atoms with van der Waals surface area (Å²) in [6.07, 6.45) is 3.32. The van der Waals surface area contributed by atoms with Crippen LogP contribution in [0.5, 0.6) is 5.75 Å². The van der Waals surface area contributed by atoms with Gasteiger partial charge >= 0.3 is 0 Å². The molecule has 0 aliphatic carbocycles. The van der Waals surface area contributed by atoms with Crippen molar-refractivity contribution in [2.24, 2.45) is 0 Å². The molecule has 0 amide bonds. The Kier molecular flexibility index (Phi) is 3.81. The lowest BCUT2D eigenvalue weighted by atomic mass is 10.3. The summed E-state index contributed by atoms with van der Waals surface area (Å²) in [6.45, 7) is 0. The van der Waals surface area contributed by atoms with Gasteiger partial charge in [0.15, 0.2) is 0 Å². The smallest absolute Gasteiger partial charge is 0.227 e. The van der Waals surface area contributed by atoms with Gasteiger partial charge in [-0.15, -0.1) is 0 Å². The van der Waals surface area contributed by atoms with Gasteiger partial charge in [0.25, 0.3) is 0 Å². The number of hydrogen-bond acceptors (Lipinski definition) is 4. The fourth-order valence-electron chi connectivity index (χ4n) is 1.28. The number of ether oxygens (including phenoxy) is 1. The van der Waals surface area contributed by atoms with Gasteiger partial charge in [0.1, 0.15) is 5.75 Å². The Morgan fingerprint density at radius 3 is 2.65 bits per heavy atom. The number of benzene rings is 1. The maximum absolute atomic E-state index is 5.92. The fourth-order valence-corrected chi connectivity index (χ4v) is 1.65. The van der Waals surface area contributed by atoms with Crippen LogP contribution >= 0.6 is 27.5 Å². The summed E-state index contributed by atoms with van der Waals surface area (Å²) in [5.74, 6) is 1.16. The zero-order chi connectivity index (χ0) is 12.3. The molecule has 0 fully saturated rings. The Morgan fingerprint density at radius 1 is 1.29 bits per heavy atom. The molecule has 1 N–H and O–H groups in total. The van der Waals surface area contributed by atoms with Crippen LogP contribution in [0.3, 0.4) is 0 Å². The van der Waals surface area contributed by atoms with Crippen LogP contribution in [-0.4, -0.2) is 17.1 Å². The van der Waals surface area contributed by atoms with E-state index in [1.165, 1.54) is 0 Å². The lowest BCUT2D eigenvalue weighted by Gasteiger charge is -2.09. The molecule has 2 aromatic rings. The van der Waals surface area contributed by atoms with Crippen molar-refractivity contribution in [1.29, 1.82) is 0 Å². The van der Waals surface area contributed by atoms with Gasteiger partial charge in [0.05, 0.1) is 17.3 Å². The van der Waals surface area contributed by atoms with E-state index < -0.39 is 0 Å². The molecule has 0 radical (unpaired) electrons. The number of hydrogen-bond donors (Lipinski definition) is 1. The first-order valence-corrected chi connectivity index (χ1v) is 5.94. The van der Waals surface area contributed by atoms with Gasteiger partial charge in [0, 0.05) is 17.4 Å². The molecule has 1 aromatic heterocycles. The molecule has 6 heteroatoms. The highest BCUT2D eigenvalue weighted by molar-refractivity contribution is 9.10. The minimum atomic E-state index is 0.480. The third-order valence-corrected chi connectivity index (χ3v) is 2.67. The molecule has 88 valence electrons. The predicted octanol–water partition coefficient (Wildman–Crippen LogP) is 3.64. The summed E-state index contributed by atoms with van der Waals surface area (Å²) in [5.41, 5.74) is 0.724. The fraction of sp³-hybridized carbons (Fsp3) is 0.0909. The first kappa shape index (κ1) is 12.1.